The molecular weight excluding hydrogens is 236 g/mol. The van der Waals surface area contributed by atoms with Gasteiger partial charge in [-0.1, -0.05) is 26.0 Å². The maximum Gasteiger partial charge on any atom is 0.118 e. The normalized spacial score (nSPS) is 23.3. The number of hydrogen-bond acceptors (Lipinski definition) is 3. The van der Waals surface area contributed by atoms with Crippen LogP contribution in [0.25, 0.3) is 0 Å². The van der Waals surface area contributed by atoms with Gasteiger partial charge in [-0.05, 0) is 42.4 Å². The topological polar surface area (TPSA) is 47.3 Å². The van der Waals surface area contributed by atoms with Gasteiger partial charge in [0.05, 0.1) is 7.11 Å². The molecule has 1 aliphatic carbocycles. The molecule has 106 valence electrons. The monoisotopic (exact) mass is 262 g/mol. The molecule has 2 unspecified atom stereocenters. The van der Waals surface area contributed by atoms with E-state index in [9.17, 15) is 0 Å². The van der Waals surface area contributed by atoms with E-state index in [1.807, 2.05) is 12.1 Å². The Labute approximate surface area is 116 Å². The molecule has 1 fully saturated rings. The highest BCUT2D eigenvalue weighted by atomic mass is 16.5. The fourth-order valence-electron chi connectivity index (χ4n) is 3.00. The molecule has 3 N–H and O–H groups in total. The zero-order chi connectivity index (χ0) is 13.9. The molecule has 1 aliphatic rings. The molecule has 2 rings (SSSR count). The minimum absolute atomic E-state index is 0.241. The number of nitrogens with two attached hydrogens (primary N) is 1. The van der Waals surface area contributed by atoms with Crippen molar-refractivity contribution in [2.75, 3.05) is 13.7 Å². The molecule has 0 heterocycles. The van der Waals surface area contributed by atoms with Gasteiger partial charge in [-0.15, -0.1) is 0 Å². The van der Waals surface area contributed by atoms with Gasteiger partial charge < -0.3 is 15.8 Å². The lowest BCUT2D eigenvalue weighted by Gasteiger charge is -2.24. The Morgan fingerprint density at radius 2 is 2.05 bits per heavy atom. The zero-order valence-electron chi connectivity index (χ0n) is 12.3. The van der Waals surface area contributed by atoms with E-state index >= 15 is 0 Å². The number of ether oxygens (including phenoxy) is 1. The predicted molar refractivity (Wildman–Crippen MR) is 79.3 cm³/mol. The Morgan fingerprint density at radius 3 is 2.53 bits per heavy atom. The lowest BCUT2D eigenvalue weighted by Crippen LogP contribution is -2.35. The van der Waals surface area contributed by atoms with Gasteiger partial charge in [-0.3, -0.25) is 0 Å². The van der Waals surface area contributed by atoms with Crippen molar-refractivity contribution in [2.24, 2.45) is 11.1 Å². The summed E-state index contributed by atoms with van der Waals surface area (Å²) in [4.78, 5) is 0. The SMILES string of the molecule is COc1ccc(C(CN)NC2CCC(C)(C)C2)cc1. The average Bonchev–Trinajstić information content (AvgIpc) is 2.75. The highest BCUT2D eigenvalue weighted by Crippen LogP contribution is 2.37. The summed E-state index contributed by atoms with van der Waals surface area (Å²) in [7, 11) is 1.69. The Bertz CT molecular complexity index is 400. The van der Waals surface area contributed by atoms with Crippen molar-refractivity contribution in [1.82, 2.24) is 5.32 Å². The molecule has 0 radical (unpaired) electrons. The van der Waals surface area contributed by atoms with E-state index in [0.717, 1.165) is 5.75 Å². The number of benzene rings is 1. The van der Waals surface area contributed by atoms with Crippen LogP contribution in [-0.2, 0) is 0 Å². The molecular formula is C16H26N2O. The van der Waals surface area contributed by atoms with Gasteiger partial charge in [-0.25, -0.2) is 0 Å². The standard InChI is InChI=1S/C16H26N2O/c1-16(2)9-8-13(10-16)18-15(11-17)12-4-6-14(19-3)7-5-12/h4-7,13,15,18H,8-11,17H2,1-3H3. The van der Waals surface area contributed by atoms with Crippen LogP contribution >= 0.6 is 0 Å². The first kappa shape index (κ1) is 14.4. The van der Waals surface area contributed by atoms with Crippen LogP contribution < -0.4 is 15.8 Å². The number of nitrogens with one attached hydrogen (secondary N) is 1. The van der Waals surface area contributed by atoms with E-state index < -0.39 is 0 Å². The number of methoxy groups -OCH3 is 1. The molecule has 0 amide bonds. The van der Waals surface area contributed by atoms with Crippen LogP contribution in [0.1, 0.15) is 44.7 Å². The quantitative estimate of drug-likeness (QED) is 0.858. The summed E-state index contributed by atoms with van der Waals surface area (Å²) in [5, 5.41) is 3.71. The van der Waals surface area contributed by atoms with Crippen molar-refractivity contribution in [1.29, 1.82) is 0 Å². The van der Waals surface area contributed by atoms with Crippen molar-refractivity contribution in [2.45, 2.75) is 45.2 Å². The van der Waals surface area contributed by atoms with E-state index in [2.05, 4.69) is 31.3 Å². The summed E-state index contributed by atoms with van der Waals surface area (Å²) in [5.41, 5.74) is 7.64. The van der Waals surface area contributed by atoms with Crippen LogP contribution in [0.15, 0.2) is 24.3 Å². The second-order valence-corrected chi connectivity index (χ2v) is 6.33. The molecule has 3 heteroatoms. The molecule has 0 aromatic heterocycles. The van der Waals surface area contributed by atoms with Crippen LogP contribution in [0.5, 0.6) is 5.75 Å². The first-order valence-corrected chi connectivity index (χ1v) is 7.14. The molecule has 0 bridgehead atoms. The maximum atomic E-state index is 5.93. The second kappa shape index (κ2) is 5.93. The van der Waals surface area contributed by atoms with Crippen molar-refractivity contribution in [3.05, 3.63) is 29.8 Å². The summed E-state index contributed by atoms with van der Waals surface area (Å²) in [6.45, 7) is 5.32. The van der Waals surface area contributed by atoms with E-state index in [0.29, 0.717) is 18.0 Å². The van der Waals surface area contributed by atoms with E-state index in [1.54, 1.807) is 7.11 Å². The minimum Gasteiger partial charge on any atom is -0.497 e. The fraction of sp³-hybridized carbons (Fsp3) is 0.625. The van der Waals surface area contributed by atoms with Crippen LogP contribution in [-0.4, -0.2) is 19.7 Å². The fourth-order valence-corrected chi connectivity index (χ4v) is 3.00. The summed E-state index contributed by atoms with van der Waals surface area (Å²) in [6.07, 6.45) is 3.78. The van der Waals surface area contributed by atoms with Crippen LogP contribution in [0, 0.1) is 5.41 Å². The van der Waals surface area contributed by atoms with Gasteiger partial charge in [0.15, 0.2) is 0 Å². The molecule has 1 aromatic carbocycles. The molecule has 0 saturated heterocycles. The average molecular weight is 262 g/mol. The largest absolute Gasteiger partial charge is 0.497 e. The second-order valence-electron chi connectivity index (χ2n) is 6.33. The highest BCUT2D eigenvalue weighted by Gasteiger charge is 2.31. The summed E-state index contributed by atoms with van der Waals surface area (Å²) in [6, 6.07) is 9.03. The Balaban J connectivity index is 1.99. The molecule has 1 saturated carbocycles. The lowest BCUT2D eigenvalue weighted by molar-refractivity contribution is 0.353. The number of hydrogen-bond donors (Lipinski definition) is 2. The third-order valence-electron chi connectivity index (χ3n) is 4.16. The van der Waals surface area contributed by atoms with Gasteiger partial charge in [0.2, 0.25) is 0 Å². The Morgan fingerprint density at radius 1 is 1.37 bits per heavy atom. The lowest BCUT2D eigenvalue weighted by atomic mass is 9.91. The summed E-state index contributed by atoms with van der Waals surface area (Å²) in [5.74, 6) is 0.890. The maximum absolute atomic E-state index is 5.93. The number of rotatable bonds is 5. The molecule has 19 heavy (non-hydrogen) atoms. The Hall–Kier alpha value is -1.06. The zero-order valence-corrected chi connectivity index (χ0v) is 12.3. The van der Waals surface area contributed by atoms with Crippen molar-refractivity contribution in [3.8, 4) is 5.75 Å². The molecule has 0 aliphatic heterocycles. The van der Waals surface area contributed by atoms with Gasteiger partial charge in [0.1, 0.15) is 5.75 Å². The summed E-state index contributed by atoms with van der Waals surface area (Å²) >= 11 is 0. The van der Waals surface area contributed by atoms with Crippen molar-refractivity contribution >= 4 is 0 Å². The van der Waals surface area contributed by atoms with E-state index in [1.165, 1.54) is 24.8 Å². The van der Waals surface area contributed by atoms with Gasteiger partial charge in [-0.2, -0.15) is 0 Å². The molecule has 1 aromatic rings. The first-order chi connectivity index (χ1) is 9.04. The Kier molecular flexibility index (Phi) is 4.48. The van der Waals surface area contributed by atoms with Gasteiger partial charge in [0.25, 0.3) is 0 Å². The van der Waals surface area contributed by atoms with E-state index in [4.69, 9.17) is 10.5 Å². The minimum atomic E-state index is 0.241. The van der Waals surface area contributed by atoms with Crippen molar-refractivity contribution in [3.63, 3.8) is 0 Å². The predicted octanol–water partition coefficient (Wildman–Crippen LogP) is 2.86. The van der Waals surface area contributed by atoms with Crippen LogP contribution in [0.2, 0.25) is 0 Å². The first-order valence-electron chi connectivity index (χ1n) is 7.14. The molecule has 2 atom stereocenters. The van der Waals surface area contributed by atoms with Crippen LogP contribution in [0.3, 0.4) is 0 Å². The third-order valence-corrected chi connectivity index (χ3v) is 4.16. The molecule has 0 spiro atoms. The highest BCUT2D eigenvalue weighted by molar-refractivity contribution is 5.29. The van der Waals surface area contributed by atoms with Crippen molar-refractivity contribution < 1.29 is 4.74 Å². The van der Waals surface area contributed by atoms with E-state index in [-0.39, 0.29) is 6.04 Å². The van der Waals surface area contributed by atoms with Crippen LogP contribution in [0.4, 0.5) is 0 Å². The van der Waals surface area contributed by atoms with Gasteiger partial charge >= 0.3 is 0 Å². The molecule has 3 nitrogen and oxygen atoms in total. The van der Waals surface area contributed by atoms with Gasteiger partial charge in [0, 0.05) is 18.6 Å². The summed E-state index contributed by atoms with van der Waals surface area (Å²) < 4.78 is 5.19. The smallest absolute Gasteiger partial charge is 0.118 e. The third kappa shape index (κ3) is 3.71.